The van der Waals surface area contributed by atoms with Crippen molar-refractivity contribution in [1.29, 1.82) is 0 Å². The molecule has 0 saturated carbocycles. The number of ether oxygens (including phenoxy) is 1. The van der Waals surface area contributed by atoms with Gasteiger partial charge in [-0.3, -0.25) is 4.79 Å². The molecule has 0 unspecified atom stereocenters. The van der Waals surface area contributed by atoms with E-state index < -0.39 is 5.97 Å². The lowest BCUT2D eigenvalue weighted by molar-refractivity contribution is -0.136. The number of carbonyl (C=O) groups is 2. The minimum absolute atomic E-state index is 0.0949. The fourth-order valence-corrected chi connectivity index (χ4v) is 2.87. The number of anilines is 1. The van der Waals surface area contributed by atoms with Crippen LogP contribution in [0.15, 0.2) is 27.9 Å². The summed E-state index contributed by atoms with van der Waals surface area (Å²) in [5.41, 5.74) is 1.73. The number of amides is 1. The first-order valence-electron chi connectivity index (χ1n) is 6.84. The molecular weight excluding hydrogens is 388 g/mol. The van der Waals surface area contributed by atoms with Crippen molar-refractivity contribution in [2.75, 3.05) is 32.1 Å². The highest BCUT2D eigenvalue weighted by Gasteiger charge is 2.34. The van der Waals surface area contributed by atoms with Crippen molar-refractivity contribution in [2.24, 2.45) is 0 Å². The molecule has 2 rings (SSSR count). The molecule has 8 heteroatoms. The number of nitrogens with one attached hydrogen (secondary N) is 1. The summed E-state index contributed by atoms with van der Waals surface area (Å²) in [5.74, 6) is -0.944. The van der Waals surface area contributed by atoms with Crippen molar-refractivity contribution in [3.63, 3.8) is 0 Å². The predicted octanol–water partition coefficient (Wildman–Crippen LogP) is 2.08. The van der Waals surface area contributed by atoms with Gasteiger partial charge in [0.2, 0.25) is 0 Å². The van der Waals surface area contributed by atoms with E-state index in [9.17, 15) is 9.59 Å². The number of esters is 1. The highest BCUT2D eigenvalue weighted by atomic mass is 79.9. The number of hydrogen-bond acceptors (Lipinski definition) is 5. The molecule has 0 aromatic heterocycles. The second-order valence-electron chi connectivity index (χ2n) is 4.95. The highest BCUT2D eigenvalue weighted by Crippen LogP contribution is 2.33. The maximum absolute atomic E-state index is 12.4. The Balaban J connectivity index is 2.39. The zero-order chi connectivity index (χ0) is 17.1. The smallest absolute Gasteiger partial charge is 0.337 e. The Hall–Kier alpha value is -1.57. The number of β-amino-alcohol motifs (C(OH)–C–C–N with tert-alkyl or cyclic N) is 1. The molecule has 0 atom stereocenters. The molecular formula is C15H16BrClN2O4. The third-order valence-corrected chi connectivity index (χ3v) is 4.93. The first kappa shape index (κ1) is 17.8. The summed E-state index contributed by atoms with van der Waals surface area (Å²) < 4.78 is 5.48. The molecule has 1 aliphatic heterocycles. The Morgan fingerprint density at radius 3 is 2.83 bits per heavy atom. The van der Waals surface area contributed by atoms with Crippen LogP contribution in [0.5, 0.6) is 0 Å². The van der Waals surface area contributed by atoms with Crippen LogP contribution in [0.4, 0.5) is 5.69 Å². The zero-order valence-corrected chi connectivity index (χ0v) is 15.0. The summed E-state index contributed by atoms with van der Waals surface area (Å²) in [4.78, 5) is 25.7. The van der Waals surface area contributed by atoms with Gasteiger partial charge in [0.1, 0.15) is 5.70 Å². The summed E-state index contributed by atoms with van der Waals surface area (Å²) in [7, 11) is 1.26. The molecule has 2 N–H and O–H groups in total. The number of carbonyl (C=O) groups excluding carboxylic acids is 2. The molecule has 1 aliphatic rings. The van der Waals surface area contributed by atoms with Crippen molar-refractivity contribution in [3.8, 4) is 0 Å². The number of rotatable bonds is 5. The molecule has 1 amide bonds. The zero-order valence-electron chi connectivity index (χ0n) is 12.7. The molecule has 0 bridgehead atoms. The van der Waals surface area contributed by atoms with Crippen LogP contribution in [0, 0.1) is 6.92 Å². The summed E-state index contributed by atoms with van der Waals surface area (Å²) in [6, 6.07) is 3.51. The Labute approximate surface area is 147 Å². The first-order valence-corrected chi connectivity index (χ1v) is 8.01. The van der Waals surface area contributed by atoms with Crippen LogP contribution in [-0.4, -0.2) is 48.7 Å². The van der Waals surface area contributed by atoms with Gasteiger partial charge in [-0.05, 0) is 40.5 Å². The van der Waals surface area contributed by atoms with E-state index in [1.165, 1.54) is 12.0 Å². The Morgan fingerprint density at radius 2 is 2.22 bits per heavy atom. The lowest BCUT2D eigenvalue weighted by Gasteiger charge is -2.16. The monoisotopic (exact) mass is 402 g/mol. The number of halogens is 2. The normalized spacial score (nSPS) is 14.5. The van der Waals surface area contributed by atoms with E-state index in [0.29, 0.717) is 10.7 Å². The predicted molar refractivity (Wildman–Crippen MR) is 90.2 cm³/mol. The van der Waals surface area contributed by atoms with Gasteiger partial charge in [-0.15, -0.1) is 0 Å². The largest absolute Gasteiger partial charge is 0.466 e. The second kappa shape index (κ2) is 7.33. The van der Waals surface area contributed by atoms with Crippen molar-refractivity contribution in [2.45, 2.75) is 6.92 Å². The Bertz CT molecular complexity index is 690. The highest BCUT2D eigenvalue weighted by molar-refractivity contribution is 9.10. The van der Waals surface area contributed by atoms with Crippen LogP contribution in [-0.2, 0) is 14.3 Å². The van der Waals surface area contributed by atoms with Gasteiger partial charge in [0, 0.05) is 16.7 Å². The van der Waals surface area contributed by atoms with Crippen LogP contribution < -0.4 is 5.32 Å². The lowest BCUT2D eigenvalue weighted by Crippen LogP contribution is -2.31. The van der Waals surface area contributed by atoms with Crippen LogP contribution in [0.25, 0.3) is 0 Å². The van der Waals surface area contributed by atoms with E-state index in [2.05, 4.69) is 21.2 Å². The molecule has 0 radical (unpaired) electrons. The van der Waals surface area contributed by atoms with Gasteiger partial charge < -0.3 is 20.1 Å². The van der Waals surface area contributed by atoms with E-state index in [1.54, 1.807) is 19.1 Å². The number of hydrogen-bond donors (Lipinski definition) is 2. The molecule has 1 aromatic rings. The van der Waals surface area contributed by atoms with Gasteiger partial charge >= 0.3 is 5.97 Å². The fourth-order valence-electron chi connectivity index (χ4n) is 2.27. The minimum Gasteiger partial charge on any atom is -0.466 e. The van der Waals surface area contributed by atoms with Crippen LogP contribution in [0.1, 0.15) is 5.56 Å². The molecule has 23 heavy (non-hydrogen) atoms. The molecule has 0 saturated heterocycles. The Morgan fingerprint density at radius 1 is 1.52 bits per heavy atom. The summed E-state index contributed by atoms with van der Waals surface area (Å²) >= 11 is 9.52. The molecule has 0 spiro atoms. The summed E-state index contributed by atoms with van der Waals surface area (Å²) in [6.07, 6.45) is 0. The van der Waals surface area contributed by atoms with Crippen LogP contribution >= 0.6 is 27.5 Å². The average molecular weight is 404 g/mol. The number of benzene rings is 1. The second-order valence-corrected chi connectivity index (χ2v) is 6.19. The van der Waals surface area contributed by atoms with E-state index in [-0.39, 0.29) is 36.9 Å². The Kier molecular flexibility index (Phi) is 5.67. The third kappa shape index (κ3) is 3.52. The van der Waals surface area contributed by atoms with Crippen molar-refractivity contribution in [1.82, 2.24) is 4.90 Å². The summed E-state index contributed by atoms with van der Waals surface area (Å²) in [6.45, 7) is 1.86. The van der Waals surface area contributed by atoms with E-state index >= 15 is 0 Å². The quantitative estimate of drug-likeness (QED) is 0.736. The van der Waals surface area contributed by atoms with E-state index in [4.69, 9.17) is 21.4 Å². The van der Waals surface area contributed by atoms with E-state index in [0.717, 1.165) is 10.0 Å². The standard InChI is InChI=1S/C15H16BrClN2O4/c1-8-11(4-3-10(16)12(8)17)18-13-9(15(22)23-2)7-19(5-6-20)14(13)21/h3-4,18,20H,5-7H2,1-2H3. The molecule has 0 fully saturated rings. The molecule has 1 aromatic carbocycles. The number of nitrogens with zero attached hydrogens (tertiary/aromatic N) is 1. The van der Waals surface area contributed by atoms with Gasteiger partial charge in [-0.1, -0.05) is 11.6 Å². The maximum atomic E-state index is 12.4. The van der Waals surface area contributed by atoms with Gasteiger partial charge in [0.25, 0.3) is 5.91 Å². The SMILES string of the molecule is COC(=O)C1=C(Nc2ccc(Br)c(Cl)c2C)C(=O)N(CCO)C1. The van der Waals surface area contributed by atoms with Gasteiger partial charge in [-0.25, -0.2) is 4.79 Å². The van der Waals surface area contributed by atoms with Gasteiger partial charge in [-0.2, -0.15) is 0 Å². The molecule has 1 heterocycles. The minimum atomic E-state index is -0.581. The average Bonchev–Trinajstić information content (AvgIpc) is 2.84. The molecule has 0 aliphatic carbocycles. The first-order chi connectivity index (χ1) is 10.9. The van der Waals surface area contributed by atoms with Crippen molar-refractivity contribution >= 4 is 45.1 Å². The topological polar surface area (TPSA) is 78.9 Å². The van der Waals surface area contributed by atoms with Crippen molar-refractivity contribution < 1.29 is 19.4 Å². The molecule has 124 valence electrons. The van der Waals surface area contributed by atoms with Gasteiger partial charge in [0.15, 0.2) is 0 Å². The van der Waals surface area contributed by atoms with Crippen molar-refractivity contribution in [3.05, 3.63) is 38.5 Å². The van der Waals surface area contributed by atoms with E-state index in [1.807, 2.05) is 0 Å². The fraction of sp³-hybridized carbons (Fsp3) is 0.333. The van der Waals surface area contributed by atoms with Crippen LogP contribution in [0.2, 0.25) is 5.02 Å². The maximum Gasteiger partial charge on any atom is 0.337 e. The lowest BCUT2D eigenvalue weighted by atomic mass is 10.1. The number of methoxy groups -OCH3 is 1. The number of aliphatic hydroxyl groups excluding tert-OH is 1. The molecule has 6 nitrogen and oxygen atoms in total. The van der Waals surface area contributed by atoms with Gasteiger partial charge in [0.05, 0.1) is 30.9 Å². The number of aliphatic hydroxyl groups is 1. The van der Waals surface area contributed by atoms with Crippen LogP contribution in [0.3, 0.4) is 0 Å². The summed E-state index contributed by atoms with van der Waals surface area (Å²) in [5, 5.41) is 12.5. The third-order valence-electron chi connectivity index (χ3n) is 3.55.